The molecule has 1 aliphatic heterocycles. The first-order valence-electron chi connectivity index (χ1n) is 11.0. The largest absolute Gasteiger partial charge is 0.444 e. The van der Waals surface area contributed by atoms with Crippen LogP contribution in [-0.4, -0.2) is 79.0 Å². The van der Waals surface area contributed by atoms with Crippen LogP contribution in [0, 0.1) is 0 Å². The zero-order valence-electron chi connectivity index (χ0n) is 18.7. The topological polar surface area (TPSA) is 77.7 Å². The molecule has 0 radical (unpaired) electrons. The van der Waals surface area contributed by atoms with E-state index in [9.17, 15) is 4.79 Å². The number of piperazine rings is 1. The number of hydrogen-bond donors (Lipinski definition) is 1. The number of carbonyl (C=O) groups is 1. The van der Waals surface area contributed by atoms with Gasteiger partial charge in [-0.25, -0.2) is 9.97 Å². The fourth-order valence-electron chi connectivity index (χ4n) is 3.97. The molecule has 4 rings (SSSR count). The van der Waals surface area contributed by atoms with Crippen LogP contribution in [0.2, 0.25) is 0 Å². The lowest BCUT2D eigenvalue weighted by Gasteiger charge is -2.36. The van der Waals surface area contributed by atoms with Gasteiger partial charge in [-0.05, 0) is 37.2 Å². The number of nitrogens with one attached hydrogen (secondary N) is 1. The van der Waals surface area contributed by atoms with Crippen molar-refractivity contribution in [3.8, 4) is 11.5 Å². The van der Waals surface area contributed by atoms with Gasteiger partial charge in [0.2, 0.25) is 5.89 Å². The molecule has 32 heavy (non-hydrogen) atoms. The average Bonchev–Trinajstić information content (AvgIpc) is 3.37. The summed E-state index contributed by atoms with van der Waals surface area (Å²) in [5.41, 5.74) is 2.81. The van der Waals surface area contributed by atoms with Crippen molar-refractivity contribution in [3.05, 3.63) is 60.6 Å². The van der Waals surface area contributed by atoms with Crippen LogP contribution in [0.4, 0.5) is 11.5 Å². The normalized spacial score (nSPS) is 14.4. The van der Waals surface area contributed by atoms with E-state index in [0.29, 0.717) is 17.3 Å². The van der Waals surface area contributed by atoms with Crippen LogP contribution in [0.3, 0.4) is 0 Å². The summed E-state index contributed by atoms with van der Waals surface area (Å²) in [5.74, 6) is 1.27. The molecule has 0 spiro atoms. The molecule has 3 aromatic rings. The average molecular weight is 435 g/mol. The molecule has 1 aliphatic rings. The lowest BCUT2D eigenvalue weighted by atomic mass is 10.1. The van der Waals surface area contributed by atoms with E-state index in [1.807, 2.05) is 12.1 Å². The van der Waals surface area contributed by atoms with E-state index in [1.165, 1.54) is 5.69 Å². The Morgan fingerprint density at radius 2 is 1.88 bits per heavy atom. The van der Waals surface area contributed by atoms with E-state index >= 15 is 0 Å². The molecule has 0 atom stereocenters. The Bertz CT molecular complexity index is 1010. The van der Waals surface area contributed by atoms with Crippen molar-refractivity contribution in [1.29, 1.82) is 0 Å². The van der Waals surface area contributed by atoms with Crippen LogP contribution in [0.15, 0.2) is 59.5 Å². The third-order valence-corrected chi connectivity index (χ3v) is 5.67. The minimum atomic E-state index is -0.0400. The first-order valence-corrected chi connectivity index (χ1v) is 11.0. The zero-order chi connectivity index (χ0) is 22.3. The van der Waals surface area contributed by atoms with Crippen molar-refractivity contribution in [2.75, 3.05) is 63.6 Å². The lowest BCUT2D eigenvalue weighted by Crippen LogP contribution is -2.47. The smallest absolute Gasteiger partial charge is 0.257 e. The van der Waals surface area contributed by atoms with Gasteiger partial charge in [-0.2, -0.15) is 0 Å². The molecule has 8 heteroatoms. The van der Waals surface area contributed by atoms with Gasteiger partial charge >= 0.3 is 0 Å². The van der Waals surface area contributed by atoms with Gasteiger partial charge in [-0.15, -0.1) is 0 Å². The third-order valence-electron chi connectivity index (χ3n) is 5.67. The van der Waals surface area contributed by atoms with E-state index in [1.54, 1.807) is 43.7 Å². The number of rotatable bonds is 8. The second-order valence-electron chi connectivity index (χ2n) is 8.06. The molecule has 3 heterocycles. The van der Waals surface area contributed by atoms with E-state index < -0.39 is 0 Å². The van der Waals surface area contributed by atoms with E-state index in [4.69, 9.17) is 4.42 Å². The maximum Gasteiger partial charge on any atom is 0.257 e. The second kappa shape index (κ2) is 10.3. The molecule has 0 unspecified atom stereocenters. The van der Waals surface area contributed by atoms with Gasteiger partial charge in [-0.1, -0.05) is 12.1 Å². The molecule has 2 aromatic heterocycles. The van der Waals surface area contributed by atoms with Crippen molar-refractivity contribution in [3.63, 3.8) is 0 Å². The van der Waals surface area contributed by atoms with Crippen molar-refractivity contribution in [2.24, 2.45) is 0 Å². The van der Waals surface area contributed by atoms with E-state index in [0.717, 1.165) is 51.3 Å². The molecule has 1 fully saturated rings. The van der Waals surface area contributed by atoms with Crippen LogP contribution in [0.5, 0.6) is 0 Å². The number of pyridine rings is 1. The fraction of sp³-hybridized carbons (Fsp3) is 0.375. The number of aromatic nitrogens is 2. The van der Waals surface area contributed by atoms with Gasteiger partial charge in [0.1, 0.15) is 12.1 Å². The summed E-state index contributed by atoms with van der Waals surface area (Å²) >= 11 is 0. The highest BCUT2D eigenvalue weighted by Crippen LogP contribution is 2.30. The van der Waals surface area contributed by atoms with Gasteiger partial charge < -0.3 is 19.5 Å². The SMILES string of the molecule is CN(C)C(=O)c1cccnc1NCCCN1CCN(c2ccccc2-c2ncco2)CC1. The van der Waals surface area contributed by atoms with Crippen LogP contribution < -0.4 is 10.2 Å². The van der Waals surface area contributed by atoms with Gasteiger partial charge in [0, 0.05) is 58.7 Å². The van der Waals surface area contributed by atoms with Crippen molar-refractivity contribution in [2.45, 2.75) is 6.42 Å². The van der Waals surface area contributed by atoms with Gasteiger partial charge in [-0.3, -0.25) is 9.69 Å². The van der Waals surface area contributed by atoms with Crippen LogP contribution in [-0.2, 0) is 0 Å². The maximum absolute atomic E-state index is 12.3. The van der Waals surface area contributed by atoms with Crippen molar-refractivity contribution in [1.82, 2.24) is 19.8 Å². The molecule has 1 saturated heterocycles. The van der Waals surface area contributed by atoms with Gasteiger partial charge in [0.25, 0.3) is 5.91 Å². The molecular weight excluding hydrogens is 404 g/mol. The monoisotopic (exact) mass is 434 g/mol. The Kier molecular flexibility index (Phi) is 7.01. The number of anilines is 2. The maximum atomic E-state index is 12.3. The molecule has 0 saturated carbocycles. The Hall–Kier alpha value is -3.39. The number of para-hydroxylation sites is 1. The number of nitrogens with zero attached hydrogens (tertiary/aromatic N) is 5. The van der Waals surface area contributed by atoms with Crippen LogP contribution in [0.25, 0.3) is 11.5 Å². The second-order valence-corrected chi connectivity index (χ2v) is 8.06. The molecule has 8 nitrogen and oxygen atoms in total. The highest BCUT2D eigenvalue weighted by atomic mass is 16.3. The predicted octanol–water partition coefficient (Wildman–Crippen LogP) is 3.06. The molecule has 168 valence electrons. The van der Waals surface area contributed by atoms with E-state index in [2.05, 4.69) is 43.3 Å². The number of amides is 1. The highest BCUT2D eigenvalue weighted by molar-refractivity contribution is 5.98. The Balaban J connectivity index is 1.26. The molecule has 1 aromatic carbocycles. The number of hydrogen-bond acceptors (Lipinski definition) is 7. The molecule has 0 aliphatic carbocycles. The first kappa shape index (κ1) is 21.8. The molecule has 1 N–H and O–H groups in total. The minimum absolute atomic E-state index is 0.0400. The summed E-state index contributed by atoms with van der Waals surface area (Å²) in [4.78, 5) is 27.4. The van der Waals surface area contributed by atoms with Crippen molar-refractivity contribution < 1.29 is 9.21 Å². The standard InChI is InChI=1S/C24H30N6O2/c1-28(2)24(31)20-8-5-10-25-22(20)26-11-6-13-29-14-16-30(17-15-29)21-9-4-3-7-19(21)23-27-12-18-32-23/h3-5,7-10,12,18H,6,11,13-17H2,1-2H3,(H,25,26). The first-order chi connectivity index (χ1) is 15.6. The molecule has 0 bridgehead atoms. The molecule has 1 amide bonds. The quantitative estimate of drug-likeness (QED) is 0.546. The summed E-state index contributed by atoms with van der Waals surface area (Å²) in [6, 6.07) is 11.9. The Labute approximate surface area is 188 Å². The Morgan fingerprint density at radius 3 is 2.62 bits per heavy atom. The number of oxazole rings is 1. The van der Waals surface area contributed by atoms with Gasteiger partial charge in [0.15, 0.2) is 0 Å². The lowest BCUT2D eigenvalue weighted by molar-refractivity contribution is 0.0828. The predicted molar refractivity (Wildman–Crippen MR) is 126 cm³/mol. The number of benzene rings is 1. The summed E-state index contributed by atoms with van der Waals surface area (Å²) < 4.78 is 5.53. The zero-order valence-corrected chi connectivity index (χ0v) is 18.7. The number of carbonyl (C=O) groups excluding carboxylic acids is 1. The summed E-state index contributed by atoms with van der Waals surface area (Å²) in [6.45, 7) is 5.73. The van der Waals surface area contributed by atoms with E-state index in [-0.39, 0.29) is 5.91 Å². The highest BCUT2D eigenvalue weighted by Gasteiger charge is 2.20. The van der Waals surface area contributed by atoms with Crippen LogP contribution >= 0.6 is 0 Å². The summed E-state index contributed by atoms with van der Waals surface area (Å²) in [5, 5.41) is 3.33. The third kappa shape index (κ3) is 5.08. The summed E-state index contributed by atoms with van der Waals surface area (Å²) in [7, 11) is 3.50. The molecular formula is C24H30N6O2. The van der Waals surface area contributed by atoms with Crippen molar-refractivity contribution >= 4 is 17.4 Å². The van der Waals surface area contributed by atoms with Gasteiger partial charge in [0.05, 0.1) is 17.3 Å². The van der Waals surface area contributed by atoms with Crippen LogP contribution in [0.1, 0.15) is 16.8 Å². The summed E-state index contributed by atoms with van der Waals surface area (Å²) in [6.07, 6.45) is 5.99. The minimum Gasteiger partial charge on any atom is -0.444 e. The Morgan fingerprint density at radius 1 is 1.06 bits per heavy atom. The fourth-order valence-corrected chi connectivity index (χ4v) is 3.97.